The van der Waals surface area contributed by atoms with Crippen molar-refractivity contribution in [3.63, 3.8) is 0 Å². The molecule has 28 heavy (non-hydrogen) atoms. The van der Waals surface area contributed by atoms with Crippen LogP contribution in [0.5, 0.6) is 0 Å². The first-order chi connectivity index (χ1) is 13.4. The smallest absolute Gasteiger partial charge is 0.252 e. The highest BCUT2D eigenvalue weighted by molar-refractivity contribution is 7.17. The molecule has 0 fully saturated rings. The largest absolute Gasteiger partial charge is 0.365 e. The van der Waals surface area contributed by atoms with Crippen LogP contribution in [0.1, 0.15) is 20.8 Å². The number of amides is 2. The van der Waals surface area contributed by atoms with E-state index in [0.717, 1.165) is 34.7 Å². The van der Waals surface area contributed by atoms with E-state index in [1.165, 1.54) is 17.4 Å². The molecule has 0 radical (unpaired) electrons. The van der Waals surface area contributed by atoms with Crippen LogP contribution in [0.2, 0.25) is 0 Å². The second-order valence-electron chi connectivity index (χ2n) is 5.93. The summed E-state index contributed by atoms with van der Waals surface area (Å²) in [7, 11) is 0. The third-order valence-corrected chi connectivity index (χ3v) is 5.05. The fraction of sp³-hybridized carbons (Fsp3) is 0.0476. The van der Waals surface area contributed by atoms with Gasteiger partial charge in [0.1, 0.15) is 16.6 Å². The van der Waals surface area contributed by atoms with E-state index >= 15 is 0 Å². The Kier molecular flexibility index (Phi) is 5.65. The number of anilines is 1. The minimum Gasteiger partial charge on any atom is -0.365 e. The molecule has 3 rings (SSSR count). The van der Waals surface area contributed by atoms with Crippen molar-refractivity contribution in [3.05, 3.63) is 82.2 Å². The van der Waals surface area contributed by atoms with Crippen molar-refractivity contribution in [2.45, 2.75) is 6.92 Å². The van der Waals surface area contributed by atoms with Gasteiger partial charge in [0.05, 0.1) is 5.56 Å². The Labute approximate surface area is 164 Å². The molecule has 3 aromatic rings. The molecule has 7 heteroatoms. The van der Waals surface area contributed by atoms with E-state index in [1.807, 2.05) is 37.3 Å². The van der Waals surface area contributed by atoms with Crippen LogP contribution in [0.4, 0.5) is 13.8 Å². The predicted molar refractivity (Wildman–Crippen MR) is 107 cm³/mol. The van der Waals surface area contributed by atoms with E-state index in [-0.39, 0.29) is 16.1 Å². The number of hydrogen-bond donors (Lipinski definition) is 2. The molecule has 0 saturated heterocycles. The molecule has 0 aliphatic rings. The lowest BCUT2D eigenvalue weighted by Crippen LogP contribution is -2.16. The van der Waals surface area contributed by atoms with Crippen molar-refractivity contribution in [1.29, 1.82) is 0 Å². The van der Waals surface area contributed by atoms with Crippen LogP contribution < -0.4 is 11.1 Å². The van der Waals surface area contributed by atoms with E-state index in [1.54, 1.807) is 0 Å². The van der Waals surface area contributed by atoms with Gasteiger partial charge in [0.25, 0.3) is 5.91 Å². The first kappa shape index (κ1) is 19.4. The summed E-state index contributed by atoms with van der Waals surface area (Å²) in [5, 5.41) is 2.86. The summed E-state index contributed by atoms with van der Waals surface area (Å²) < 4.78 is 27.3. The summed E-state index contributed by atoms with van der Waals surface area (Å²) in [5.41, 5.74) is 6.88. The summed E-state index contributed by atoms with van der Waals surface area (Å²) in [6.07, 6.45) is 2.05. The van der Waals surface area contributed by atoms with Crippen LogP contribution in [0.15, 0.2) is 54.6 Å². The van der Waals surface area contributed by atoms with Crippen LogP contribution in [-0.4, -0.2) is 11.8 Å². The van der Waals surface area contributed by atoms with E-state index in [2.05, 4.69) is 5.32 Å². The summed E-state index contributed by atoms with van der Waals surface area (Å²) >= 11 is 1.21. The van der Waals surface area contributed by atoms with Crippen LogP contribution in [-0.2, 0) is 4.79 Å². The highest BCUT2D eigenvalue weighted by Gasteiger charge is 2.22. The lowest BCUT2D eigenvalue weighted by atomic mass is 10.0. The van der Waals surface area contributed by atoms with E-state index < -0.39 is 23.4 Å². The number of carbonyl (C=O) groups excluding carboxylic acids is 2. The quantitative estimate of drug-likeness (QED) is 0.609. The molecule has 3 N–H and O–H groups in total. The zero-order chi connectivity index (χ0) is 20.3. The summed E-state index contributed by atoms with van der Waals surface area (Å²) in [4.78, 5) is 25.1. The molecular formula is C21H16F2N2O2S. The van der Waals surface area contributed by atoms with Crippen LogP contribution in [0.25, 0.3) is 17.2 Å². The second kappa shape index (κ2) is 8.14. The molecule has 0 aliphatic carbocycles. The standard InChI is InChI=1S/C21H16F2N2O2S/c1-12-18(13-6-3-2-4-7-13)19(20(24)27)21(28-12)25-17(26)11-10-14-15(22)8-5-9-16(14)23/h2-11H,1H3,(H2,24,27)(H,25,26)/b11-10+. The molecule has 0 aliphatic heterocycles. The van der Waals surface area contributed by atoms with Gasteiger partial charge in [-0.05, 0) is 30.7 Å². The Morgan fingerprint density at radius 1 is 1.04 bits per heavy atom. The van der Waals surface area contributed by atoms with Gasteiger partial charge in [-0.2, -0.15) is 0 Å². The summed E-state index contributed by atoms with van der Waals surface area (Å²) in [6.45, 7) is 1.82. The van der Waals surface area contributed by atoms with Crippen molar-refractivity contribution in [2.75, 3.05) is 5.32 Å². The van der Waals surface area contributed by atoms with Gasteiger partial charge in [-0.15, -0.1) is 11.3 Å². The molecule has 0 atom stereocenters. The molecular weight excluding hydrogens is 382 g/mol. The van der Waals surface area contributed by atoms with Gasteiger partial charge in [-0.1, -0.05) is 36.4 Å². The van der Waals surface area contributed by atoms with E-state index in [9.17, 15) is 18.4 Å². The maximum atomic E-state index is 13.7. The van der Waals surface area contributed by atoms with Gasteiger partial charge in [0.15, 0.2) is 0 Å². The molecule has 2 amide bonds. The van der Waals surface area contributed by atoms with Crippen LogP contribution in [0.3, 0.4) is 0 Å². The minimum absolute atomic E-state index is 0.201. The van der Waals surface area contributed by atoms with Gasteiger partial charge in [0, 0.05) is 22.1 Å². The lowest BCUT2D eigenvalue weighted by molar-refractivity contribution is -0.111. The fourth-order valence-electron chi connectivity index (χ4n) is 2.80. The lowest BCUT2D eigenvalue weighted by Gasteiger charge is -2.06. The number of thiophene rings is 1. The topological polar surface area (TPSA) is 72.2 Å². The number of hydrogen-bond acceptors (Lipinski definition) is 3. The normalized spacial score (nSPS) is 11.0. The Bertz CT molecular complexity index is 1060. The maximum Gasteiger partial charge on any atom is 0.252 e. The molecule has 1 aromatic heterocycles. The predicted octanol–water partition coefficient (Wildman–Crippen LogP) is 4.75. The van der Waals surface area contributed by atoms with E-state index in [0.29, 0.717) is 5.56 Å². The van der Waals surface area contributed by atoms with Gasteiger partial charge in [-0.25, -0.2) is 8.78 Å². The van der Waals surface area contributed by atoms with Gasteiger partial charge >= 0.3 is 0 Å². The molecule has 0 unspecified atom stereocenters. The number of primary amides is 1. The first-order valence-corrected chi connectivity index (χ1v) is 9.12. The van der Waals surface area contributed by atoms with Crippen molar-refractivity contribution in [3.8, 4) is 11.1 Å². The third kappa shape index (κ3) is 3.99. The van der Waals surface area contributed by atoms with Crippen LogP contribution >= 0.6 is 11.3 Å². The average molecular weight is 398 g/mol. The number of nitrogens with one attached hydrogen (secondary N) is 1. The van der Waals surface area contributed by atoms with Gasteiger partial charge in [0.2, 0.25) is 5.91 Å². The first-order valence-electron chi connectivity index (χ1n) is 8.30. The number of aryl methyl sites for hydroxylation is 1. The highest BCUT2D eigenvalue weighted by Crippen LogP contribution is 2.39. The number of benzene rings is 2. The van der Waals surface area contributed by atoms with Crippen molar-refractivity contribution < 1.29 is 18.4 Å². The molecule has 0 saturated carbocycles. The summed E-state index contributed by atoms with van der Waals surface area (Å²) in [5.74, 6) is -2.87. The average Bonchev–Trinajstić information content (AvgIpc) is 2.98. The number of carbonyl (C=O) groups is 2. The van der Waals surface area contributed by atoms with E-state index in [4.69, 9.17) is 5.73 Å². The summed E-state index contributed by atoms with van der Waals surface area (Å²) in [6, 6.07) is 12.6. The number of nitrogens with two attached hydrogens (primary N) is 1. The molecule has 2 aromatic carbocycles. The second-order valence-corrected chi connectivity index (χ2v) is 7.15. The molecule has 1 heterocycles. The van der Waals surface area contributed by atoms with Crippen molar-refractivity contribution in [2.24, 2.45) is 5.73 Å². The fourth-order valence-corrected chi connectivity index (χ4v) is 3.89. The monoisotopic (exact) mass is 398 g/mol. The third-order valence-electron chi connectivity index (χ3n) is 4.03. The van der Waals surface area contributed by atoms with Gasteiger partial charge < -0.3 is 11.1 Å². The van der Waals surface area contributed by atoms with Crippen LogP contribution in [0, 0.1) is 18.6 Å². The van der Waals surface area contributed by atoms with Crippen molar-refractivity contribution >= 4 is 34.2 Å². The van der Waals surface area contributed by atoms with Gasteiger partial charge in [-0.3, -0.25) is 9.59 Å². The Balaban J connectivity index is 1.91. The zero-order valence-electron chi connectivity index (χ0n) is 14.8. The Morgan fingerprint density at radius 3 is 2.29 bits per heavy atom. The molecule has 142 valence electrons. The SMILES string of the molecule is Cc1sc(NC(=O)/C=C/c2c(F)cccc2F)c(C(N)=O)c1-c1ccccc1. The minimum atomic E-state index is -0.778. The molecule has 0 bridgehead atoms. The number of rotatable bonds is 5. The maximum absolute atomic E-state index is 13.7. The zero-order valence-corrected chi connectivity index (χ0v) is 15.6. The Hall–Kier alpha value is -3.32. The highest BCUT2D eigenvalue weighted by atomic mass is 32.1. The molecule has 0 spiro atoms. The molecule has 4 nitrogen and oxygen atoms in total. The van der Waals surface area contributed by atoms with Crippen molar-refractivity contribution in [1.82, 2.24) is 0 Å². The Morgan fingerprint density at radius 2 is 1.68 bits per heavy atom. The number of halogens is 2.